The number of benzene rings is 1. The molecule has 0 aromatic heterocycles. The molecule has 0 aliphatic carbocycles. The average Bonchev–Trinajstić information content (AvgIpc) is 2.26. The van der Waals surface area contributed by atoms with Gasteiger partial charge in [0.1, 0.15) is 12.3 Å². The highest BCUT2D eigenvalue weighted by Crippen LogP contribution is 2.19. The molecule has 1 aromatic carbocycles. The molecule has 100 valence electrons. The fourth-order valence-electron chi connectivity index (χ4n) is 1.39. The van der Waals surface area contributed by atoms with Crippen molar-refractivity contribution < 1.29 is 23.1 Å². The molecule has 1 amide bonds. The van der Waals surface area contributed by atoms with Gasteiger partial charge in [-0.2, -0.15) is 13.2 Å². The van der Waals surface area contributed by atoms with Crippen molar-refractivity contribution in [2.45, 2.75) is 6.18 Å². The van der Waals surface area contributed by atoms with Crippen molar-refractivity contribution in [3.05, 3.63) is 29.8 Å². The molecule has 1 aromatic rings. The minimum atomic E-state index is -4.49. The third-order valence-corrected chi connectivity index (χ3v) is 2.27. The van der Waals surface area contributed by atoms with Crippen molar-refractivity contribution in [3.63, 3.8) is 0 Å². The second kappa shape index (κ2) is 5.95. The number of phenolic OH excluding ortho intramolecular Hbond substituents is 1. The molecule has 1 N–H and O–H groups in total. The zero-order chi connectivity index (χ0) is 13.8. The molecule has 0 saturated carbocycles. The molecule has 7 heteroatoms. The average molecular weight is 282 g/mol. The van der Waals surface area contributed by atoms with Crippen LogP contribution in [0.5, 0.6) is 5.75 Å². The normalized spacial score (nSPS) is 11.3. The number of amides is 1. The van der Waals surface area contributed by atoms with Gasteiger partial charge in [0.2, 0.25) is 0 Å². The number of phenols is 1. The van der Waals surface area contributed by atoms with Crippen molar-refractivity contribution in [2.75, 3.05) is 19.0 Å². The van der Waals surface area contributed by atoms with Crippen LogP contribution in [0.4, 0.5) is 13.2 Å². The minimum absolute atomic E-state index is 0.00985. The molecule has 0 heterocycles. The Morgan fingerprint density at radius 1 is 1.39 bits per heavy atom. The zero-order valence-electron chi connectivity index (χ0n) is 9.25. The number of rotatable bonds is 4. The van der Waals surface area contributed by atoms with Crippen LogP contribution < -0.4 is 0 Å². The summed E-state index contributed by atoms with van der Waals surface area (Å²) in [7, 11) is 0. The number of carbonyl (C=O) groups is 1. The Kier molecular flexibility index (Phi) is 4.84. The van der Waals surface area contributed by atoms with Crippen molar-refractivity contribution in [1.82, 2.24) is 4.90 Å². The molecule has 18 heavy (non-hydrogen) atoms. The van der Waals surface area contributed by atoms with Crippen LogP contribution in [-0.2, 0) is 0 Å². The molecular weight excluding hydrogens is 271 g/mol. The zero-order valence-corrected chi connectivity index (χ0v) is 10.0. The van der Waals surface area contributed by atoms with Crippen LogP contribution in [0, 0.1) is 0 Å². The van der Waals surface area contributed by atoms with E-state index in [0.29, 0.717) is 4.90 Å². The van der Waals surface area contributed by atoms with E-state index in [1.807, 2.05) is 0 Å². The number of nitrogens with zero attached hydrogens (tertiary/aromatic N) is 1. The van der Waals surface area contributed by atoms with E-state index in [-0.39, 0.29) is 23.7 Å². The molecule has 0 fully saturated rings. The van der Waals surface area contributed by atoms with E-state index in [0.717, 1.165) is 6.07 Å². The van der Waals surface area contributed by atoms with E-state index in [1.165, 1.54) is 18.2 Å². The first-order valence-electron chi connectivity index (χ1n) is 5.04. The fourth-order valence-corrected chi connectivity index (χ4v) is 1.60. The number of hydrogen-bond donors (Lipinski definition) is 1. The van der Waals surface area contributed by atoms with Gasteiger partial charge in [-0.25, -0.2) is 0 Å². The number of halogens is 4. The van der Waals surface area contributed by atoms with E-state index >= 15 is 0 Å². The molecule has 0 radical (unpaired) electrons. The molecule has 0 spiro atoms. The van der Waals surface area contributed by atoms with Gasteiger partial charge in [0.05, 0.1) is 0 Å². The maximum atomic E-state index is 12.3. The maximum Gasteiger partial charge on any atom is 0.406 e. The summed E-state index contributed by atoms with van der Waals surface area (Å²) < 4.78 is 36.9. The van der Waals surface area contributed by atoms with Crippen molar-refractivity contribution in [3.8, 4) is 5.75 Å². The number of aromatic hydroxyl groups is 1. The van der Waals surface area contributed by atoms with Gasteiger partial charge in [-0.15, -0.1) is 11.6 Å². The first kappa shape index (κ1) is 14.6. The van der Waals surface area contributed by atoms with E-state index < -0.39 is 18.6 Å². The molecule has 0 unspecified atom stereocenters. The molecule has 0 saturated heterocycles. The standard InChI is InChI=1S/C11H11ClF3NO2/c12-4-5-16(7-11(13,14)15)10(18)8-2-1-3-9(17)6-8/h1-3,6,17H,4-5,7H2. The van der Waals surface area contributed by atoms with E-state index in [1.54, 1.807) is 0 Å². The SMILES string of the molecule is O=C(c1cccc(O)c1)N(CCCl)CC(F)(F)F. The van der Waals surface area contributed by atoms with E-state index in [4.69, 9.17) is 11.6 Å². The summed E-state index contributed by atoms with van der Waals surface area (Å²) in [6.45, 7) is -1.58. The molecule has 1 rings (SSSR count). The molecule has 3 nitrogen and oxygen atoms in total. The van der Waals surface area contributed by atoms with Crippen LogP contribution in [0.3, 0.4) is 0 Å². The van der Waals surface area contributed by atoms with E-state index in [9.17, 15) is 23.1 Å². The first-order valence-corrected chi connectivity index (χ1v) is 5.58. The first-order chi connectivity index (χ1) is 8.33. The van der Waals surface area contributed by atoms with Gasteiger partial charge < -0.3 is 10.0 Å². The van der Waals surface area contributed by atoms with Gasteiger partial charge in [-0.1, -0.05) is 6.07 Å². The van der Waals surface area contributed by atoms with Crippen LogP contribution in [0.1, 0.15) is 10.4 Å². The highest BCUT2D eigenvalue weighted by atomic mass is 35.5. The number of carbonyl (C=O) groups excluding carboxylic acids is 1. The Labute approximate surface area is 107 Å². The third-order valence-electron chi connectivity index (χ3n) is 2.10. The van der Waals surface area contributed by atoms with Gasteiger partial charge >= 0.3 is 6.18 Å². The van der Waals surface area contributed by atoms with Gasteiger partial charge in [-0.3, -0.25) is 4.79 Å². The highest BCUT2D eigenvalue weighted by Gasteiger charge is 2.33. The third kappa shape index (κ3) is 4.44. The lowest BCUT2D eigenvalue weighted by Crippen LogP contribution is -2.40. The minimum Gasteiger partial charge on any atom is -0.508 e. The monoisotopic (exact) mass is 281 g/mol. The number of alkyl halides is 4. The van der Waals surface area contributed by atoms with E-state index in [2.05, 4.69) is 0 Å². The molecule has 0 atom stereocenters. The maximum absolute atomic E-state index is 12.3. The summed E-state index contributed by atoms with van der Waals surface area (Å²) in [5, 5.41) is 9.19. The van der Waals surface area contributed by atoms with Crippen LogP contribution in [0.25, 0.3) is 0 Å². The smallest absolute Gasteiger partial charge is 0.406 e. The summed E-state index contributed by atoms with van der Waals surface area (Å²) in [5.41, 5.74) is -0.00985. The Hall–Kier alpha value is -1.43. The lowest BCUT2D eigenvalue weighted by Gasteiger charge is -2.23. The van der Waals surface area contributed by atoms with Crippen molar-refractivity contribution in [2.24, 2.45) is 0 Å². The van der Waals surface area contributed by atoms with Crippen molar-refractivity contribution in [1.29, 1.82) is 0 Å². The fraction of sp³-hybridized carbons (Fsp3) is 0.364. The predicted molar refractivity (Wildman–Crippen MR) is 60.8 cm³/mol. The summed E-state index contributed by atoms with van der Waals surface area (Å²) >= 11 is 5.38. The van der Waals surface area contributed by atoms with Crippen LogP contribution in [-0.4, -0.2) is 41.1 Å². The second-order valence-electron chi connectivity index (χ2n) is 3.58. The molecule has 0 bridgehead atoms. The lowest BCUT2D eigenvalue weighted by atomic mass is 10.2. The van der Waals surface area contributed by atoms with Gasteiger partial charge in [0, 0.05) is 18.0 Å². The molecule has 0 aliphatic rings. The Balaban J connectivity index is 2.89. The highest BCUT2D eigenvalue weighted by molar-refractivity contribution is 6.18. The van der Waals surface area contributed by atoms with Crippen LogP contribution in [0.2, 0.25) is 0 Å². The largest absolute Gasteiger partial charge is 0.508 e. The molecular formula is C11H11ClF3NO2. The Morgan fingerprint density at radius 3 is 2.56 bits per heavy atom. The Bertz CT molecular complexity index is 423. The molecule has 0 aliphatic heterocycles. The van der Waals surface area contributed by atoms with Gasteiger partial charge in [-0.05, 0) is 18.2 Å². The predicted octanol–water partition coefficient (Wildman–Crippen LogP) is 2.64. The van der Waals surface area contributed by atoms with Gasteiger partial charge in [0.25, 0.3) is 5.91 Å². The van der Waals surface area contributed by atoms with Crippen LogP contribution >= 0.6 is 11.6 Å². The van der Waals surface area contributed by atoms with Gasteiger partial charge in [0.15, 0.2) is 0 Å². The summed E-state index contributed by atoms with van der Waals surface area (Å²) in [5.74, 6) is -1.09. The summed E-state index contributed by atoms with van der Waals surface area (Å²) in [6, 6.07) is 5.15. The second-order valence-corrected chi connectivity index (χ2v) is 3.96. The number of hydrogen-bond acceptors (Lipinski definition) is 2. The quantitative estimate of drug-likeness (QED) is 0.862. The van der Waals surface area contributed by atoms with Crippen LogP contribution in [0.15, 0.2) is 24.3 Å². The summed E-state index contributed by atoms with van der Waals surface area (Å²) in [4.78, 5) is 12.4. The van der Waals surface area contributed by atoms with Crippen molar-refractivity contribution >= 4 is 17.5 Å². The topological polar surface area (TPSA) is 40.5 Å². The Morgan fingerprint density at radius 2 is 2.06 bits per heavy atom. The lowest BCUT2D eigenvalue weighted by molar-refractivity contribution is -0.140. The summed E-state index contributed by atoms with van der Waals surface area (Å²) in [6.07, 6.45) is -4.49.